The monoisotopic (exact) mass is 367 g/mol. The van der Waals surface area contributed by atoms with Crippen LogP contribution in [0.25, 0.3) is 0 Å². The van der Waals surface area contributed by atoms with Gasteiger partial charge in [-0.2, -0.15) is 0 Å². The Kier molecular flexibility index (Phi) is 4.84. The number of amides is 2. The van der Waals surface area contributed by atoms with Crippen molar-refractivity contribution in [3.8, 4) is 0 Å². The molecule has 0 bridgehead atoms. The first kappa shape index (κ1) is 17.0. The molecule has 134 valence electrons. The smallest absolute Gasteiger partial charge is 0.239 e. The van der Waals surface area contributed by atoms with Crippen LogP contribution in [0.3, 0.4) is 0 Å². The molecule has 1 fully saturated rings. The number of nitrogens with one attached hydrogen (secondary N) is 2. The molecule has 2 amide bonds. The second-order valence-electron chi connectivity index (χ2n) is 6.57. The molecule has 2 aliphatic heterocycles. The highest BCUT2D eigenvalue weighted by Crippen LogP contribution is 2.36. The molecule has 26 heavy (non-hydrogen) atoms. The van der Waals surface area contributed by atoms with E-state index < -0.39 is 0 Å². The van der Waals surface area contributed by atoms with Crippen LogP contribution < -0.4 is 15.5 Å². The van der Waals surface area contributed by atoms with Gasteiger partial charge in [-0.1, -0.05) is 30.3 Å². The van der Waals surface area contributed by atoms with Gasteiger partial charge in [-0.15, -0.1) is 11.8 Å². The Hall–Kier alpha value is -2.47. The summed E-state index contributed by atoms with van der Waals surface area (Å²) in [6.45, 7) is 2.42. The molecule has 2 aliphatic rings. The molecule has 2 aromatic carbocycles. The van der Waals surface area contributed by atoms with Crippen molar-refractivity contribution in [2.75, 3.05) is 24.5 Å². The molecule has 4 rings (SSSR count). The summed E-state index contributed by atoms with van der Waals surface area (Å²) in [5.74, 6) is 0.144. The molecule has 2 N–H and O–H groups in total. The van der Waals surface area contributed by atoms with Crippen molar-refractivity contribution in [1.29, 1.82) is 0 Å². The molecule has 0 aromatic heterocycles. The molecule has 0 aliphatic carbocycles. The minimum atomic E-state index is -0.0430. The molecule has 5 nitrogen and oxygen atoms in total. The van der Waals surface area contributed by atoms with Gasteiger partial charge in [0.15, 0.2) is 0 Å². The third-order valence-corrected chi connectivity index (χ3v) is 6.06. The van der Waals surface area contributed by atoms with Crippen LogP contribution in [0.1, 0.15) is 11.1 Å². The van der Waals surface area contributed by atoms with Crippen LogP contribution in [0.15, 0.2) is 53.4 Å². The average molecular weight is 367 g/mol. The van der Waals surface area contributed by atoms with E-state index in [1.165, 1.54) is 10.5 Å². The Labute approximate surface area is 157 Å². The van der Waals surface area contributed by atoms with E-state index in [2.05, 4.69) is 27.7 Å². The summed E-state index contributed by atoms with van der Waals surface area (Å²) >= 11 is 1.64. The van der Waals surface area contributed by atoms with Crippen LogP contribution in [-0.2, 0) is 22.6 Å². The molecule has 0 saturated carbocycles. The lowest BCUT2D eigenvalue weighted by Gasteiger charge is -2.28. The first-order chi connectivity index (χ1) is 12.7. The van der Waals surface area contributed by atoms with Gasteiger partial charge >= 0.3 is 0 Å². The van der Waals surface area contributed by atoms with Crippen molar-refractivity contribution >= 4 is 29.3 Å². The Morgan fingerprint density at radius 3 is 2.77 bits per heavy atom. The maximum Gasteiger partial charge on any atom is 0.239 e. The lowest BCUT2D eigenvalue weighted by Crippen LogP contribution is -2.47. The van der Waals surface area contributed by atoms with Gasteiger partial charge in [-0.05, 0) is 35.7 Å². The lowest BCUT2D eigenvalue weighted by molar-refractivity contribution is -0.121. The van der Waals surface area contributed by atoms with E-state index in [-0.39, 0.29) is 17.1 Å². The first-order valence-corrected chi connectivity index (χ1v) is 9.70. The van der Waals surface area contributed by atoms with Crippen LogP contribution in [0.5, 0.6) is 0 Å². The van der Waals surface area contributed by atoms with Crippen LogP contribution in [-0.4, -0.2) is 36.7 Å². The number of rotatable bonds is 4. The zero-order chi connectivity index (χ0) is 17.9. The van der Waals surface area contributed by atoms with Crippen molar-refractivity contribution in [3.05, 3.63) is 59.7 Å². The zero-order valence-corrected chi connectivity index (χ0v) is 15.2. The minimum absolute atomic E-state index is 0.0430. The number of hydrogen-bond donors (Lipinski definition) is 2. The number of carbonyl (C=O) groups excluding carboxylic acids is 2. The summed E-state index contributed by atoms with van der Waals surface area (Å²) in [6, 6.07) is 16.3. The molecule has 0 spiro atoms. The standard InChI is InChI=1S/C20H21N3O2S/c24-19-13-23(10-9-21-19)16-7-5-14(6-8-16)12-22-20(25)18-11-15-3-1-2-4-17(15)26-18/h1-8,18H,9-13H2,(H,21,24)(H,22,25). The highest BCUT2D eigenvalue weighted by molar-refractivity contribution is 8.01. The minimum Gasteiger partial charge on any atom is -0.360 e. The maximum absolute atomic E-state index is 12.5. The van der Waals surface area contributed by atoms with Crippen molar-refractivity contribution in [2.45, 2.75) is 23.1 Å². The maximum atomic E-state index is 12.5. The van der Waals surface area contributed by atoms with Gasteiger partial charge in [0, 0.05) is 30.2 Å². The second kappa shape index (κ2) is 7.41. The van der Waals surface area contributed by atoms with Crippen LogP contribution >= 0.6 is 11.8 Å². The number of anilines is 1. The van der Waals surface area contributed by atoms with Gasteiger partial charge in [-0.25, -0.2) is 0 Å². The average Bonchev–Trinajstić information content (AvgIpc) is 3.11. The molecular weight excluding hydrogens is 346 g/mol. The quantitative estimate of drug-likeness (QED) is 0.867. The molecule has 2 aromatic rings. The number of piperazine rings is 1. The van der Waals surface area contributed by atoms with Crippen LogP contribution in [0.2, 0.25) is 0 Å². The summed E-state index contributed by atoms with van der Waals surface area (Å²) in [5.41, 5.74) is 3.35. The predicted molar refractivity (Wildman–Crippen MR) is 103 cm³/mol. The largest absolute Gasteiger partial charge is 0.360 e. The molecular formula is C20H21N3O2S. The molecule has 6 heteroatoms. The van der Waals surface area contributed by atoms with Gasteiger partial charge < -0.3 is 15.5 Å². The van der Waals surface area contributed by atoms with E-state index in [0.29, 0.717) is 19.6 Å². The summed E-state index contributed by atoms with van der Waals surface area (Å²) < 4.78 is 0. The van der Waals surface area contributed by atoms with Crippen molar-refractivity contribution in [2.24, 2.45) is 0 Å². The Morgan fingerprint density at radius 2 is 2.00 bits per heavy atom. The van der Waals surface area contributed by atoms with Gasteiger partial charge in [0.25, 0.3) is 0 Å². The SMILES string of the molecule is O=C1CN(c2ccc(CNC(=O)C3Cc4ccccc4S3)cc2)CCN1. The number of carbonyl (C=O) groups is 2. The van der Waals surface area contributed by atoms with E-state index in [4.69, 9.17) is 0 Å². The number of thioether (sulfide) groups is 1. The number of hydrogen-bond acceptors (Lipinski definition) is 4. The zero-order valence-electron chi connectivity index (χ0n) is 14.4. The normalized spacial score (nSPS) is 19.0. The molecule has 1 saturated heterocycles. The van der Waals surface area contributed by atoms with E-state index in [1.807, 2.05) is 36.4 Å². The predicted octanol–water partition coefficient (Wildman–Crippen LogP) is 1.96. The van der Waals surface area contributed by atoms with Crippen LogP contribution in [0.4, 0.5) is 5.69 Å². The van der Waals surface area contributed by atoms with Gasteiger partial charge in [-0.3, -0.25) is 9.59 Å². The third kappa shape index (κ3) is 3.70. The summed E-state index contributed by atoms with van der Waals surface area (Å²) in [4.78, 5) is 27.2. The fraction of sp³-hybridized carbons (Fsp3) is 0.300. The topological polar surface area (TPSA) is 61.4 Å². The Bertz CT molecular complexity index is 797. The molecule has 0 radical (unpaired) electrons. The van der Waals surface area contributed by atoms with E-state index in [0.717, 1.165) is 24.2 Å². The second-order valence-corrected chi connectivity index (χ2v) is 7.82. The first-order valence-electron chi connectivity index (χ1n) is 8.82. The number of fused-ring (bicyclic) bond motifs is 1. The van der Waals surface area contributed by atoms with Gasteiger partial charge in [0.05, 0.1) is 11.8 Å². The van der Waals surface area contributed by atoms with Crippen molar-refractivity contribution in [3.63, 3.8) is 0 Å². The Morgan fingerprint density at radius 1 is 1.19 bits per heavy atom. The number of nitrogens with zero attached hydrogens (tertiary/aromatic N) is 1. The summed E-state index contributed by atoms with van der Waals surface area (Å²) in [7, 11) is 0. The summed E-state index contributed by atoms with van der Waals surface area (Å²) in [6.07, 6.45) is 0.794. The Balaban J connectivity index is 1.31. The fourth-order valence-corrected chi connectivity index (χ4v) is 4.53. The highest BCUT2D eigenvalue weighted by atomic mass is 32.2. The molecule has 1 unspecified atom stereocenters. The third-order valence-electron chi connectivity index (χ3n) is 4.75. The van der Waals surface area contributed by atoms with E-state index in [1.54, 1.807) is 11.8 Å². The summed E-state index contributed by atoms with van der Waals surface area (Å²) in [5, 5.41) is 5.83. The fourth-order valence-electron chi connectivity index (χ4n) is 3.31. The van der Waals surface area contributed by atoms with Gasteiger partial charge in [0.2, 0.25) is 11.8 Å². The molecule has 2 heterocycles. The number of benzene rings is 2. The van der Waals surface area contributed by atoms with E-state index in [9.17, 15) is 9.59 Å². The van der Waals surface area contributed by atoms with Crippen LogP contribution in [0, 0.1) is 0 Å². The lowest BCUT2D eigenvalue weighted by atomic mass is 10.1. The van der Waals surface area contributed by atoms with Crippen molar-refractivity contribution < 1.29 is 9.59 Å². The van der Waals surface area contributed by atoms with Gasteiger partial charge in [0.1, 0.15) is 0 Å². The van der Waals surface area contributed by atoms with Crippen molar-refractivity contribution in [1.82, 2.24) is 10.6 Å². The van der Waals surface area contributed by atoms with E-state index >= 15 is 0 Å². The highest BCUT2D eigenvalue weighted by Gasteiger charge is 2.27. The molecule has 1 atom stereocenters.